The van der Waals surface area contributed by atoms with Crippen LogP contribution in [0, 0.1) is 0 Å². The Bertz CT molecular complexity index is 1830. The van der Waals surface area contributed by atoms with Crippen LogP contribution in [-0.4, -0.2) is 73.3 Å². The van der Waals surface area contributed by atoms with Crippen molar-refractivity contribution in [2.45, 2.75) is 37.9 Å². The molecule has 4 rings (SSSR count). The Balaban J connectivity index is 1.61. The zero-order valence-corrected chi connectivity index (χ0v) is 28.1. The maximum Gasteiger partial charge on any atom is 0.349 e. The van der Waals surface area contributed by atoms with Crippen molar-refractivity contribution >= 4 is 35.8 Å². The molecule has 1 amide bonds. The first-order valence-corrected chi connectivity index (χ1v) is 15.7. The smallest absolute Gasteiger partial charge is 0.349 e. The molecule has 0 saturated heterocycles. The molecule has 14 nitrogen and oxygen atoms in total. The van der Waals surface area contributed by atoms with Crippen LogP contribution in [0.25, 0.3) is 0 Å². The minimum Gasteiger partial charge on any atom is -0.497 e. The second-order valence-electron chi connectivity index (χ2n) is 11.0. The van der Waals surface area contributed by atoms with E-state index in [-0.39, 0.29) is 24.3 Å². The number of hydrogen-bond acceptors (Lipinski definition) is 12. The summed E-state index contributed by atoms with van der Waals surface area (Å²) in [6, 6.07) is 26.3. The van der Waals surface area contributed by atoms with Gasteiger partial charge in [-0.25, -0.2) is 19.2 Å². The number of esters is 4. The molecule has 0 aromatic heterocycles. The molecule has 0 heterocycles. The number of nitrogens with one attached hydrogen (secondary N) is 1. The van der Waals surface area contributed by atoms with E-state index < -0.39 is 60.4 Å². The fraction of sp³-hybridized carbons (Fsp3) is 0.211. The van der Waals surface area contributed by atoms with Crippen molar-refractivity contribution in [3.05, 3.63) is 131 Å². The highest BCUT2D eigenvalue weighted by molar-refractivity contribution is 5.98. The van der Waals surface area contributed by atoms with E-state index in [4.69, 9.17) is 28.4 Å². The summed E-state index contributed by atoms with van der Waals surface area (Å²) < 4.78 is 31.4. The summed E-state index contributed by atoms with van der Waals surface area (Å²) in [5.74, 6) is -6.85. The van der Waals surface area contributed by atoms with Crippen LogP contribution in [0.5, 0.6) is 11.5 Å². The SMILES string of the molecule is COc1ccc(C(=O)OC(C(=O)NC(CC(=O)OCc2ccccc2)C(=O)OCc2ccccc2)[C@H](OC(=O)c2ccc(OC)cc2)C(=O)O)cc1. The van der Waals surface area contributed by atoms with Crippen LogP contribution < -0.4 is 14.8 Å². The first kappa shape index (κ1) is 38.1. The van der Waals surface area contributed by atoms with Crippen molar-refractivity contribution in [2.75, 3.05) is 14.2 Å². The van der Waals surface area contributed by atoms with Crippen LogP contribution in [0.3, 0.4) is 0 Å². The molecule has 0 saturated carbocycles. The molecule has 0 fully saturated rings. The minimum absolute atomic E-state index is 0.115. The molecule has 14 heteroatoms. The van der Waals surface area contributed by atoms with Crippen molar-refractivity contribution in [3.63, 3.8) is 0 Å². The third-order valence-corrected chi connectivity index (χ3v) is 7.33. The highest BCUT2D eigenvalue weighted by Gasteiger charge is 2.42. The number of carboxylic acids is 1. The molecule has 0 aliphatic heterocycles. The van der Waals surface area contributed by atoms with Crippen molar-refractivity contribution in [2.24, 2.45) is 0 Å². The van der Waals surface area contributed by atoms with Crippen LogP contribution in [0.15, 0.2) is 109 Å². The fourth-order valence-electron chi connectivity index (χ4n) is 4.56. The van der Waals surface area contributed by atoms with E-state index in [1.165, 1.54) is 62.8 Å². The molecule has 2 N–H and O–H groups in total. The van der Waals surface area contributed by atoms with Gasteiger partial charge in [0.1, 0.15) is 30.8 Å². The predicted molar refractivity (Wildman–Crippen MR) is 181 cm³/mol. The van der Waals surface area contributed by atoms with E-state index in [0.717, 1.165) is 0 Å². The van der Waals surface area contributed by atoms with E-state index in [2.05, 4.69) is 5.32 Å². The maximum atomic E-state index is 13.9. The second-order valence-corrected chi connectivity index (χ2v) is 11.0. The zero-order valence-electron chi connectivity index (χ0n) is 28.1. The van der Waals surface area contributed by atoms with Gasteiger partial charge in [0.05, 0.1) is 31.8 Å². The molecular weight excluding hydrogens is 678 g/mol. The number of carbonyl (C=O) groups excluding carboxylic acids is 5. The number of aliphatic carboxylic acids is 1. The average Bonchev–Trinajstić information content (AvgIpc) is 3.17. The summed E-state index contributed by atoms with van der Waals surface area (Å²) in [6.07, 6.45) is -5.56. The van der Waals surface area contributed by atoms with Gasteiger partial charge in [-0.15, -0.1) is 0 Å². The lowest BCUT2D eigenvalue weighted by Crippen LogP contribution is -2.54. The van der Waals surface area contributed by atoms with Gasteiger partial charge < -0.3 is 38.8 Å². The van der Waals surface area contributed by atoms with Crippen LogP contribution in [0.1, 0.15) is 38.3 Å². The van der Waals surface area contributed by atoms with Gasteiger partial charge in [-0.3, -0.25) is 9.59 Å². The molecule has 2 unspecified atom stereocenters. The predicted octanol–water partition coefficient (Wildman–Crippen LogP) is 3.90. The Hall–Kier alpha value is -6.70. The minimum atomic E-state index is -2.43. The Kier molecular flexibility index (Phi) is 13.8. The van der Waals surface area contributed by atoms with Crippen molar-refractivity contribution in [1.29, 1.82) is 0 Å². The maximum absolute atomic E-state index is 13.9. The lowest BCUT2D eigenvalue weighted by Gasteiger charge is -2.25. The number of carbonyl (C=O) groups is 6. The van der Waals surface area contributed by atoms with Crippen LogP contribution in [0.2, 0.25) is 0 Å². The molecule has 270 valence electrons. The molecule has 0 aliphatic rings. The van der Waals surface area contributed by atoms with Crippen LogP contribution in [-0.2, 0) is 51.3 Å². The summed E-state index contributed by atoms with van der Waals surface area (Å²) in [4.78, 5) is 78.9. The lowest BCUT2D eigenvalue weighted by molar-refractivity contribution is -0.161. The van der Waals surface area contributed by atoms with Gasteiger partial charge in [-0.1, -0.05) is 60.7 Å². The van der Waals surface area contributed by atoms with Crippen molar-refractivity contribution in [3.8, 4) is 11.5 Å². The van der Waals surface area contributed by atoms with Crippen LogP contribution >= 0.6 is 0 Å². The van der Waals surface area contributed by atoms with Gasteiger partial charge in [0.25, 0.3) is 5.91 Å². The van der Waals surface area contributed by atoms with Gasteiger partial charge in [-0.2, -0.15) is 0 Å². The molecular formula is C38H35NO13. The van der Waals surface area contributed by atoms with E-state index in [1.807, 2.05) is 0 Å². The Morgan fingerprint density at radius 1 is 0.596 bits per heavy atom. The highest BCUT2D eigenvalue weighted by Crippen LogP contribution is 2.18. The third-order valence-electron chi connectivity index (χ3n) is 7.33. The largest absolute Gasteiger partial charge is 0.497 e. The van der Waals surface area contributed by atoms with Crippen molar-refractivity contribution < 1.29 is 62.3 Å². The Morgan fingerprint density at radius 3 is 1.48 bits per heavy atom. The van der Waals surface area contributed by atoms with E-state index in [0.29, 0.717) is 22.6 Å². The van der Waals surface area contributed by atoms with E-state index in [1.54, 1.807) is 60.7 Å². The van der Waals surface area contributed by atoms with E-state index >= 15 is 0 Å². The number of benzene rings is 4. The van der Waals surface area contributed by atoms with Crippen LogP contribution in [0.4, 0.5) is 0 Å². The van der Waals surface area contributed by atoms with Gasteiger partial charge in [-0.05, 0) is 59.7 Å². The topological polar surface area (TPSA) is 190 Å². The van der Waals surface area contributed by atoms with Gasteiger partial charge in [0, 0.05) is 0 Å². The lowest BCUT2D eigenvalue weighted by atomic mass is 10.1. The summed E-state index contributed by atoms with van der Waals surface area (Å²) in [5.41, 5.74) is 1.01. The zero-order chi connectivity index (χ0) is 37.5. The quantitative estimate of drug-likeness (QED) is 0.118. The summed E-state index contributed by atoms with van der Waals surface area (Å²) in [7, 11) is 2.81. The average molecular weight is 714 g/mol. The molecule has 3 atom stereocenters. The molecule has 0 bridgehead atoms. The Labute approximate surface area is 298 Å². The first-order chi connectivity index (χ1) is 25.1. The Morgan fingerprint density at radius 2 is 1.04 bits per heavy atom. The number of hydrogen-bond donors (Lipinski definition) is 2. The summed E-state index contributed by atoms with van der Waals surface area (Å²) in [5, 5.41) is 12.4. The number of amides is 1. The summed E-state index contributed by atoms with van der Waals surface area (Å²) >= 11 is 0. The fourth-order valence-corrected chi connectivity index (χ4v) is 4.56. The monoisotopic (exact) mass is 713 g/mol. The van der Waals surface area contributed by atoms with Gasteiger partial charge in [0.2, 0.25) is 12.2 Å². The number of ether oxygens (including phenoxy) is 6. The molecule has 0 radical (unpaired) electrons. The molecule has 52 heavy (non-hydrogen) atoms. The molecule has 0 spiro atoms. The second kappa shape index (κ2) is 18.9. The molecule has 4 aromatic carbocycles. The molecule has 4 aromatic rings. The van der Waals surface area contributed by atoms with Crippen molar-refractivity contribution in [1.82, 2.24) is 5.32 Å². The number of carboxylic acid groups (broad SMARTS) is 1. The highest BCUT2D eigenvalue weighted by atomic mass is 16.6. The standard InChI is InChI=1S/C38H35NO13/c1-47-28-17-13-26(14-18-28)36(44)51-32(33(35(42)43)52-37(45)27-15-19-29(48-2)20-16-27)34(41)39-30(38(46)50-23-25-11-7-4-8-12-25)21-31(40)49-22-24-9-5-3-6-10-24/h3-20,30,32-33H,21-23H2,1-2H3,(H,39,41)(H,42,43)/t30?,32?,33-/m0/s1. The number of rotatable bonds is 17. The first-order valence-electron chi connectivity index (χ1n) is 15.7. The van der Waals surface area contributed by atoms with Gasteiger partial charge >= 0.3 is 29.8 Å². The van der Waals surface area contributed by atoms with E-state index in [9.17, 15) is 33.9 Å². The number of methoxy groups -OCH3 is 2. The molecule has 0 aliphatic carbocycles. The normalized spacial score (nSPS) is 12.2. The van der Waals surface area contributed by atoms with Gasteiger partial charge in [0.15, 0.2) is 0 Å². The summed E-state index contributed by atoms with van der Waals surface area (Å²) in [6.45, 7) is -0.387. The third kappa shape index (κ3) is 11.2.